The molecular formula is C18H29F3IN3O. The van der Waals surface area contributed by atoms with Gasteiger partial charge < -0.3 is 15.4 Å². The van der Waals surface area contributed by atoms with Gasteiger partial charge in [-0.25, -0.2) is 0 Å². The topological polar surface area (TPSA) is 45.7 Å². The predicted molar refractivity (Wildman–Crippen MR) is 110 cm³/mol. The number of nitrogens with one attached hydrogen (secondary N) is 2. The Bertz CT molecular complexity index is 507. The van der Waals surface area contributed by atoms with Crippen LogP contribution in [-0.4, -0.2) is 39.3 Å². The summed E-state index contributed by atoms with van der Waals surface area (Å²) in [6.07, 6.45) is -0.549. The lowest BCUT2D eigenvalue weighted by molar-refractivity contribution is -0.137. The van der Waals surface area contributed by atoms with Crippen LogP contribution in [-0.2, 0) is 17.3 Å². The van der Waals surface area contributed by atoms with Crippen molar-refractivity contribution in [2.24, 2.45) is 4.99 Å². The van der Waals surface area contributed by atoms with Gasteiger partial charge in [-0.15, -0.1) is 24.0 Å². The van der Waals surface area contributed by atoms with Gasteiger partial charge in [-0.1, -0.05) is 12.1 Å². The lowest BCUT2D eigenvalue weighted by Crippen LogP contribution is -2.38. The first-order valence-corrected chi connectivity index (χ1v) is 8.64. The van der Waals surface area contributed by atoms with E-state index in [0.717, 1.165) is 62.6 Å². The number of benzene rings is 1. The zero-order valence-electron chi connectivity index (χ0n) is 15.4. The third-order valence-electron chi connectivity index (χ3n) is 3.61. The fourth-order valence-corrected chi connectivity index (χ4v) is 2.25. The second-order valence-electron chi connectivity index (χ2n) is 5.69. The van der Waals surface area contributed by atoms with Gasteiger partial charge in [-0.3, -0.25) is 4.99 Å². The monoisotopic (exact) mass is 487 g/mol. The fourth-order valence-electron chi connectivity index (χ4n) is 2.25. The van der Waals surface area contributed by atoms with Gasteiger partial charge in [0.05, 0.1) is 5.56 Å². The van der Waals surface area contributed by atoms with Crippen LogP contribution in [0.3, 0.4) is 0 Å². The van der Waals surface area contributed by atoms with E-state index < -0.39 is 11.7 Å². The van der Waals surface area contributed by atoms with Crippen LogP contribution in [0.4, 0.5) is 13.2 Å². The Morgan fingerprint density at radius 2 is 1.77 bits per heavy atom. The number of unbranched alkanes of at least 4 members (excludes halogenated alkanes) is 2. The first kappa shape index (κ1) is 25.0. The summed E-state index contributed by atoms with van der Waals surface area (Å²) in [5, 5.41) is 6.37. The van der Waals surface area contributed by atoms with Crippen LogP contribution in [0, 0.1) is 0 Å². The second-order valence-corrected chi connectivity index (χ2v) is 5.69. The molecule has 26 heavy (non-hydrogen) atoms. The minimum atomic E-state index is -4.29. The van der Waals surface area contributed by atoms with Gasteiger partial charge in [-0.05, 0) is 50.3 Å². The zero-order chi connectivity index (χ0) is 18.5. The molecular weight excluding hydrogens is 458 g/mol. The Balaban J connectivity index is 0.00000625. The lowest BCUT2D eigenvalue weighted by atomic mass is 10.1. The Hall–Kier alpha value is -1.03. The third-order valence-corrected chi connectivity index (χ3v) is 3.61. The highest BCUT2D eigenvalue weighted by Crippen LogP contribution is 2.29. The number of ether oxygens (including phenoxy) is 1. The summed E-state index contributed by atoms with van der Waals surface area (Å²) < 4.78 is 42.6. The van der Waals surface area contributed by atoms with Gasteiger partial charge in [-0.2, -0.15) is 13.2 Å². The first-order chi connectivity index (χ1) is 12.0. The van der Waals surface area contributed by atoms with Crippen molar-refractivity contribution in [3.63, 3.8) is 0 Å². The number of nitrogens with zero attached hydrogens (tertiary/aromatic N) is 1. The van der Waals surface area contributed by atoms with Crippen LogP contribution in [0.15, 0.2) is 29.3 Å². The van der Waals surface area contributed by atoms with E-state index in [1.165, 1.54) is 12.1 Å². The minimum Gasteiger partial charge on any atom is -0.385 e. The Kier molecular flexibility index (Phi) is 13.5. The molecule has 2 N–H and O–H groups in total. The molecule has 0 unspecified atom stereocenters. The molecule has 0 heterocycles. The molecule has 150 valence electrons. The van der Waals surface area contributed by atoms with E-state index in [2.05, 4.69) is 15.6 Å². The average molecular weight is 487 g/mol. The van der Waals surface area contributed by atoms with E-state index in [-0.39, 0.29) is 24.0 Å². The summed E-state index contributed by atoms with van der Waals surface area (Å²) in [5.41, 5.74) is 0.239. The molecule has 0 spiro atoms. The predicted octanol–water partition coefficient (Wildman–Crippen LogP) is 4.24. The Morgan fingerprint density at radius 1 is 1.08 bits per heavy atom. The summed E-state index contributed by atoms with van der Waals surface area (Å²) in [6.45, 7) is 4.87. The highest BCUT2D eigenvalue weighted by Gasteiger charge is 2.29. The lowest BCUT2D eigenvalue weighted by Gasteiger charge is -2.12. The summed E-state index contributed by atoms with van der Waals surface area (Å²) in [7, 11) is 1.70. The molecule has 1 rings (SSSR count). The van der Waals surface area contributed by atoms with Gasteiger partial charge in [0.2, 0.25) is 0 Å². The number of hydrogen-bond acceptors (Lipinski definition) is 2. The molecule has 4 nitrogen and oxygen atoms in total. The van der Waals surface area contributed by atoms with Gasteiger partial charge in [0.15, 0.2) is 5.96 Å². The number of methoxy groups -OCH3 is 1. The number of alkyl halides is 3. The highest BCUT2D eigenvalue weighted by atomic mass is 127. The molecule has 0 atom stereocenters. The molecule has 0 aliphatic carbocycles. The fraction of sp³-hybridized carbons (Fsp3) is 0.611. The smallest absolute Gasteiger partial charge is 0.385 e. The van der Waals surface area contributed by atoms with E-state index in [4.69, 9.17) is 4.74 Å². The largest absolute Gasteiger partial charge is 0.416 e. The van der Waals surface area contributed by atoms with E-state index in [0.29, 0.717) is 13.0 Å². The van der Waals surface area contributed by atoms with Crippen LogP contribution in [0.1, 0.15) is 37.3 Å². The molecule has 0 radical (unpaired) electrons. The van der Waals surface area contributed by atoms with Crippen molar-refractivity contribution in [2.75, 3.05) is 33.4 Å². The molecule has 0 aliphatic heterocycles. The van der Waals surface area contributed by atoms with E-state index in [9.17, 15) is 13.2 Å². The number of rotatable bonds is 10. The summed E-state index contributed by atoms with van der Waals surface area (Å²) in [5.74, 6) is 0.737. The van der Waals surface area contributed by atoms with Crippen LogP contribution in [0.2, 0.25) is 0 Å². The standard InChI is InChI=1S/C18H28F3N3O.HI/c1-3-22-17(23-12-5-4-6-14-25-2)24-13-11-15-7-9-16(10-8-15)18(19,20)21;/h7-10H,3-6,11-14H2,1-2H3,(H2,22,23,24);1H. The molecule has 1 aromatic carbocycles. The molecule has 0 saturated heterocycles. The van der Waals surface area contributed by atoms with Crippen molar-refractivity contribution in [2.45, 2.75) is 38.8 Å². The number of aliphatic imine (C=N–C) groups is 1. The summed E-state index contributed by atoms with van der Waals surface area (Å²) in [4.78, 5) is 4.49. The third kappa shape index (κ3) is 10.8. The van der Waals surface area contributed by atoms with E-state index >= 15 is 0 Å². The normalized spacial score (nSPS) is 11.8. The van der Waals surface area contributed by atoms with Gasteiger partial charge >= 0.3 is 6.18 Å². The molecule has 0 aromatic heterocycles. The Morgan fingerprint density at radius 3 is 2.35 bits per heavy atom. The minimum absolute atomic E-state index is 0. The van der Waals surface area contributed by atoms with Crippen molar-refractivity contribution < 1.29 is 17.9 Å². The molecule has 0 fully saturated rings. The second kappa shape index (κ2) is 14.1. The SMILES string of the molecule is CCNC(=NCCCCCOC)NCCc1ccc(C(F)(F)F)cc1.I. The molecule has 1 aromatic rings. The van der Waals surface area contributed by atoms with Crippen molar-refractivity contribution in [3.8, 4) is 0 Å². The average Bonchev–Trinajstić information content (AvgIpc) is 2.57. The highest BCUT2D eigenvalue weighted by molar-refractivity contribution is 14.0. The number of guanidine groups is 1. The van der Waals surface area contributed by atoms with E-state index in [1.807, 2.05) is 6.92 Å². The van der Waals surface area contributed by atoms with Crippen LogP contribution in [0.25, 0.3) is 0 Å². The first-order valence-electron chi connectivity index (χ1n) is 8.64. The molecule has 0 aliphatic rings. The summed E-state index contributed by atoms with van der Waals surface area (Å²) in [6, 6.07) is 5.28. The van der Waals surface area contributed by atoms with E-state index in [1.54, 1.807) is 7.11 Å². The van der Waals surface area contributed by atoms with Gasteiger partial charge in [0.1, 0.15) is 0 Å². The molecule has 8 heteroatoms. The maximum Gasteiger partial charge on any atom is 0.416 e. The quantitative estimate of drug-likeness (QED) is 0.225. The maximum atomic E-state index is 12.5. The van der Waals surface area contributed by atoms with Gasteiger partial charge in [0, 0.05) is 33.4 Å². The van der Waals surface area contributed by atoms with Crippen molar-refractivity contribution in [1.82, 2.24) is 10.6 Å². The zero-order valence-corrected chi connectivity index (χ0v) is 17.7. The molecule has 0 amide bonds. The van der Waals surface area contributed by atoms with Crippen molar-refractivity contribution in [3.05, 3.63) is 35.4 Å². The van der Waals surface area contributed by atoms with Crippen molar-refractivity contribution in [1.29, 1.82) is 0 Å². The van der Waals surface area contributed by atoms with Crippen LogP contribution in [0.5, 0.6) is 0 Å². The van der Waals surface area contributed by atoms with Gasteiger partial charge in [0.25, 0.3) is 0 Å². The number of halogens is 4. The van der Waals surface area contributed by atoms with Crippen LogP contribution >= 0.6 is 24.0 Å². The molecule has 0 bridgehead atoms. The maximum absolute atomic E-state index is 12.5. The van der Waals surface area contributed by atoms with Crippen LogP contribution < -0.4 is 10.6 Å². The Labute approximate surface area is 171 Å². The summed E-state index contributed by atoms with van der Waals surface area (Å²) >= 11 is 0. The molecule has 0 saturated carbocycles. The van der Waals surface area contributed by atoms with Crippen molar-refractivity contribution >= 4 is 29.9 Å². The number of hydrogen-bond donors (Lipinski definition) is 2.